The van der Waals surface area contributed by atoms with Crippen LogP contribution in [-0.4, -0.2) is 0 Å². The summed E-state index contributed by atoms with van der Waals surface area (Å²) in [5.41, 5.74) is 0.433. The van der Waals surface area contributed by atoms with Gasteiger partial charge in [0.15, 0.2) is 0 Å². The molecule has 0 heterocycles. The first kappa shape index (κ1) is 13.0. The van der Waals surface area contributed by atoms with Crippen molar-refractivity contribution >= 4 is 0 Å². The summed E-state index contributed by atoms with van der Waals surface area (Å²) in [5.74, 6) is 2.26. The molecule has 17 heavy (non-hydrogen) atoms. The Balaban J connectivity index is 1.68. The van der Waals surface area contributed by atoms with Crippen molar-refractivity contribution < 1.29 is 8.78 Å². The summed E-state index contributed by atoms with van der Waals surface area (Å²) in [6.07, 6.45) is 9.29. The van der Waals surface area contributed by atoms with E-state index < -0.39 is 6.08 Å². The second-order valence-electron chi connectivity index (χ2n) is 5.96. The molecule has 2 rings (SSSR count). The van der Waals surface area contributed by atoms with Crippen LogP contribution in [0.1, 0.15) is 64.7 Å². The van der Waals surface area contributed by atoms with E-state index in [0.29, 0.717) is 24.3 Å². The van der Waals surface area contributed by atoms with Gasteiger partial charge in [0.1, 0.15) is 0 Å². The first-order valence-electron chi connectivity index (χ1n) is 7.23. The minimum atomic E-state index is -1.40. The molecule has 0 bridgehead atoms. The van der Waals surface area contributed by atoms with E-state index in [0.717, 1.165) is 11.8 Å². The van der Waals surface area contributed by atoms with E-state index in [1.54, 1.807) is 0 Å². The molecule has 0 saturated heterocycles. The van der Waals surface area contributed by atoms with E-state index in [1.807, 2.05) is 0 Å². The fraction of sp³-hybridized carbons (Fsp3) is 0.867. The summed E-state index contributed by atoms with van der Waals surface area (Å²) in [7, 11) is 0. The normalized spacial score (nSPS) is 33.4. The molecule has 2 aliphatic rings. The smallest absolute Gasteiger partial charge is 0.173 e. The first-order chi connectivity index (χ1) is 8.20. The van der Waals surface area contributed by atoms with Gasteiger partial charge in [0, 0.05) is 0 Å². The summed E-state index contributed by atoms with van der Waals surface area (Å²) < 4.78 is 24.6. The summed E-state index contributed by atoms with van der Waals surface area (Å²) >= 11 is 0. The lowest BCUT2D eigenvalue weighted by molar-refractivity contribution is 0.162. The molecule has 0 radical (unpaired) electrons. The van der Waals surface area contributed by atoms with Crippen LogP contribution in [-0.2, 0) is 0 Å². The molecule has 0 unspecified atom stereocenters. The molecule has 0 aromatic carbocycles. The molecule has 0 spiro atoms. The Morgan fingerprint density at radius 3 is 2.24 bits per heavy atom. The second kappa shape index (κ2) is 5.97. The van der Waals surface area contributed by atoms with Crippen LogP contribution < -0.4 is 0 Å². The third-order valence-electron chi connectivity index (χ3n) is 4.81. The largest absolute Gasteiger partial charge is 0.269 e. The van der Waals surface area contributed by atoms with Crippen LogP contribution in [0.15, 0.2) is 11.7 Å². The van der Waals surface area contributed by atoms with Gasteiger partial charge in [-0.05, 0) is 49.0 Å². The molecule has 0 amide bonds. The van der Waals surface area contributed by atoms with Crippen molar-refractivity contribution in [1.82, 2.24) is 0 Å². The lowest BCUT2D eigenvalue weighted by atomic mass is 9.66. The maximum absolute atomic E-state index is 12.3. The Hall–Kier alpha value is -0.400. The molecule has 2 fully saturated rings. The number of rotatable bonds is 4. The fourth-order valence-corrected chi connectivity index (χ4v) is 3.50. The second-order valence-corrected chi connectivity index (χ2v) is 5.96. The van der Waals surface area contributed by atoms with Crippen molar-refractivity contribution in [2.45, 2.75) is 64.7 Å². The number of allylic oxidation sites excluding steroid dienone is 1. The maximum Gasteiger partial charge on any atom is 0.269 e. The van der Waals surface area contributed by atoms with Gasteiger partial charge < -0.3 is 0 Å². The summed E-state index contributed by atoms with van der Waals surface area (Å²) in [6.45, 7) is 2.25. The molecule has 0 aromatic rings. The van der Waals surface area contributed by atoms with Crippen LogP contribution in [0.3, 0.4) is 0 Å². The summed E-state index contributed by atoms with van der Waals surface area (Å²) in [4.78, 5) is 0. The third kappa shape index (κ3) is 3.29. The van der Waals surface area contributed by atoms with Crippen molar-refractivity contribution in [3.63, 3.8) is 0 Å². The molecule has 0 atom stereocenters. The van der Waals surface area contributed by atoms with Crippen molar-refractivity contribution in [3.05, 3.63) is 11.7 Å². The number of hydrogen-bond acceptors (Lipinski definition) is 0. The van der Waals surface area contributed by atoms with Crippen LogP contribution in [0.25, 0.3) is 0 Å². The Bertz CT molecular complexity index is 263. The Labute approximate surface area is 103 Å². The molecule has 2 heteroatoms. The molecule has 0 aliphatic heterocycles. The zero-order chi connectivity index (χ0) is 12.3. The van der Waals surface area contributed by atoms with Crippen LogP contribution in [0.2, 0.25) is 0 Å². The van der Waals surface area contributed by atoms with E-state index in [1.165, 1.54) is 44.9 Å². The topological polar surface area (TPSA) is 0 Å². The van der Waals surface area contributed by atoms with Crippen LogP contribution in [0, 0.1) is 17.8 Å². The SMILES string of the molecule is CCCC[C@H]1CC[C@H](C2CC(=C(F)F)C2)CC1. The first-order valence-corrected chi connectivity index (χ1v) is 7.23. The predicted molar refractivity (Wildman–Crippen MR) is 66.9 cm³/mol. The van der Waals surface area contributed by atoms with Gasteiger partial charge in [-0.3, -0.25) is 0 Å². The van der Waals surface area contributed by atoms with Crippen LogP contribution in [0.5, 0.6) is 0 Å². The van der Waals surface area contributed by atoms with E-state index in [4.69, 9.17) is 0 Å². The zero-order valence-corrected chi connectivity index (χ0v) is 10.9. The van der Waals surface area contributed by atoms with Gasteiger partial charge in [-0.2, -0.15) is 8.78 Å². The summed E-state index contributed by atoms with van der Waals surface area (Å²) in [5, 5.41) is 0. The van der Waals surface area contributed by atoms with Crippen LogP contribution in [0.4, 0.5) is 8.78 Å². The molecule has 0 N–H and O–H groups in total. The lowest BCUT2D eigenvalue weighted by Gasteiger charge is -2.39. The molecule has 98 valence electrons. The van der Waals surface area contributed by atoms with Gasteiger partial charge in [-0.15, -0.1) is 0 Å². The van der Waals surface area contributed by atoms with Crippen molar-refractivity contribution in [2.75, 3.05) is 0 Å². The van der Waals surface area contributed by atoms with Crippen molar-refractivity contribution in [2.24, 2.45) is 17.8 Å². The molecule has 0 nitrogen and oxygen atoms in total. The van der Waals surface area contributed by atoms with Gasteiger partial charge in [-0.25, -0.2) is 0 Å². The Morgan fingerprint density at radius 1 is 1.06 bits per heavy atom. The molecule has 2 saturated carbocycles. The molecular formula is C15H24F2. The zero-order valence-electron chi connectivity index (χ0n) is 10.9. The van der Waals surface area contributed by atoms with Gasteiger partial charge in [0.2, 0.25) is 0 Å². The highest BCUT2D eigenvalue weighted by Crippen LogP contribution is 2.47. The number of hydrogen-bond donors (Lipinski definition) is 0. The number of halogens is 2. The molecule has 0 aromatic heterocycles. The van der Waals surface area contributed by atoms with Crippen molar-refractivity contribution in [3.8, 4) is 0 Å². The minimum absolute atomic E-state index is 0.433. The molecular weight excluding hydrogens is 218 g/mol. The van der Waals surface area contributed by atoms with Gasteiger partial charge >= 0.3 is 0 Å². The fourth-order valence-electron chi connectivity index (χ4n) is 3.50. The lowest BCUT2D eigenvalue weighted by Crippen LogP contribution is -2.28. The maximum atomic E-state index is 12.3. The van der Waals surface area contributed by atoms with E-state index >= 15 is 0 Å². The predicted octanol–water partition coefficient (Wildman–Crippen LogP) is 5.54. The molecule has 2 aliphatic carbocycles. The highest BCUT2D eigenvalue weighted by atomic mass is 19.3. The summed E-state index contributed by atoms with van der Waals surface area (Å²) in [6, 6.07) is 0. The monoisotopic (exact) mass is 242 g/mol. The Morgan fingerprint density at radius 2 is 1.71 bits per heavy atom. The van der Waals surface area contributed by atoms with Gasteiger partial charge in [-0.1, -0.05) is 39.0 Å². The van der Waals surface area contributed by atoms with E-state index in [-0.39, 0.29) is 0 Å². The van der Waals surface area contributed by atoms with Gasteiger partial charge in [0.25, 0.3) is 6.08 Å². The highest BCUT2D eigenvalue weighted by molar-refractivity contribution is 5.14. The quantitative estimate of drug-likeness (QED) is 0.607. The standard InChI is InChI=1S/C15H24F2/c1-2-3-4-11-5-7-12(8-6-11)13-9-14(10-13)15(16)17/h11-13H,2-10H2,1H3/t11-,12-. The number of unbranched alkanes of at least 4 members (excludes halogenated alkanes) is 1. The van der Waals surface area contributed by atoms with Crippen LogP contribution >= 0.6 is 0 Å². The highest BCUT2D eigenvalue weighted by Gasteiger charge is 2.35. The average Bonchev–Trinajstić information content (AvgIpc) is 2.25. The Kier molecular flexibility index (Phi) is 4.58. The van der Waals surface area contributed by atoms with E-state index in [9.17, 15) is 8.78 Å². The van der Waals surface area contributed by atoms with Crippen molar-refractivity contribution in [1.29, 1.82) is 0 Å². The van der Waals surface area contributed by atoms with Gasteiger partial charge in [0.05, 0.1) is 0 Å². The average molecular weight is 242 g/mol. The minimum Gasteiger partial charge on any atom is -0.173 e. The van der Waals surface area contributed by atoms with E-state index in [2.05, 4.69) is 6.92 Å². The third-order valence-corrected chi connectivity index (χ3v) is 4.81.